The van der Waals surface area contributed by atoms with Gasteiger partial charge in [-0.2, -0.15) is 4.98 Å². The number of carbonyl (C=O) groups is 2. The highest BCUT2D eigenvalue weighted by Crippen LogP contribution is 2.27. The maximum Gasteiger partial charge on any atom is 0.317 e. The Morgan fingerprint density at radius 2 is 1.88 bits per heavy atom. The molecular formula is C28H38N8O4. The van der Waals surface area contributed by atoms with Gasteiger partial charge in [-0.3, -0.25) is 9.36 Å². The topological polar surface area (TPSA) is 127 Å². The van der Waals surface area contributed by atoms with Gasteiger partial charge in [0.05, 0.1) is 20.3 Å². The molecule has 1 saturated heterocycles. The molecule has 1 aliphatic heterocycles. The van der Waals surface area contributed by atoms with Crippen molar-refractivity contribution >= 4 is 17.8 Å². The van der Waals surface area contributed by atoms with Crippen LogP contribution in [0.25, 0.3) is 5.95 Å². The van der Waals surface area contributed by atoms with E-state index in [2.05, 4.69) is 25.5 Å². The summed E-state index contributed by atoms with van der Waals surface area (Å²) in [5, 5.41) is 5.97. The normalized spacial score (nSPS) is 15.1. The average molecular weight is 551 g/mol. The van der Waals surface area contributed by atoms with Crippen LogP contribution in [0.2, 0.25) is 0 Å². The molecule has 0 aliphatic carbocycles. The fraction of sp³-hybridized carbons (Fsp3) is 0.464. The lowest BCUT2D eigenvalue weighted by atomic mass is 10.1. The van der Waals surface area contributed by atoms with E-state index >= 15 is 0 Å². The molecular weight excluding hydrogens is 512 g/mol. The number of carbonyl (C=O) groups excluding carboxylic acids is 2. The van der Waals surface area contributed by atoms with E-state index in [-0.39, 0.29) is 24.4 Å². The molecule has 3 heterocycles. The summed E-state index contributed by atoms with van der Waals surface area (Å²) >= 11 is 0. The summed E-state index contributed by atoms with van der Waals surface area (Å²) in [6.07, 6.45) is 6.79. The number of aryl methyl sites for hydroxylation is 1. The molecule has 0 saturated carbocycles. The van der Waals surface area contributed by atoms with Crippen molar-refractivity contribution in [3.05, 3.63) is 54.2 Å². The van der Waals surface area contributed by atoms with Gasteiger partial charge in [-0.05, 0) is 37.5 Å². The van der Waals surface area contributed by atoms with Crippen LogP contribution >= 0.6 is 0 Å². The first kappa shape index (κ1) is 28.7. The number of anilines is 1. The number of hydrogen-bond acceptors (Lipinski definition) is 8. The van der Waals surface area contributed by atoms with Gasteiger partial charge in [-0.25, -0.2) is 14.8 Å². The van der Waals surface area contributed by atoms with Gasteiger partial charge >= 0.3 is 6.03 Å². The van der Waals surface area contributed by atoms with Crippen LogP contribution in [0.4, 0.5) is 10.6 Å². The standard InChI is InChI=1S/C28H38N8O4/c1-5-9-31-28(38)36-14-13-34(25-15-20(2)32-27(33-25)35-12-11-29-19-35)18-22(36)17-26(37)30-10-8-21-6-7-23(39-3)24(16-21)40-4/h6-7,11-12,15-16,19,22H,5,8-10,13-14,17-18H2,1-4H3,(H,30,37)(H,31,38). The van der Waals surface area contributed by atoms with Gasteiger partial charge in [-0.1, -0.05) is 13.0 Å². The number of piperazine rings is 1. The zero-order valence-electron chi connectivity index (χ0n) is 23.6. The first-order valence-electron chi connectivity index (χ1n) is 13.5. The fourth-order valence-corrected chi connectivity index (χ4v) is 4.70. The van der Waals surface area contributed by atoms with Gasteiger partial charge in [0, 0.05) is 63.3 Å². The number of nitrogens with one attached hydrogen (secondary N) is 2. The van der Waals surface area contributed by atoms with Crippen molar-refractivity contribution in [3.8, 4) is 17.4 Å². The van der Waals surface area contributed by atoms with Gasteiger partial charge in [-0.15, -0.1) is 0 Å². The minimum absolute atomic E-state index is 0.112. The number of hydrogen-bond donors (Lipinski definition) is 2. The monoisotopic (exact) mass is 550 g/mol. The summed E-state index contributed by atoms with van der Waals surface area (Å²) in [6.45, 7) is 6.52. The van der Waals surface area contributed by atoms with Crippen molar-refractivity contribution in [2.45, 2.75) is 39.2 Å². The summed E-state index contributed by atoms with van der Waals surface area (Å²) in [5.74, 6) is 2.48. The molecule has 4 rings (SSSR count). The summed E-state index contributed by atoms with van der Waals surface area (Å²) in [7, 11) is 3.20. The Morgan fingerprint density at radius 1 is 1.05 bits per heavy atom. The molecule has 0 radical (unpaired) electrons. The lowest BCUT2D eigenvalue weighted by Gasteiger charge is -2.41. The Bertz CT molecular complexity index is 1280. The first-order chi connectivity index (χ1) is 19.4. The number of aromatic nitrogens is 4. The van der Waals surface area contributed by atoms with Gasteiger partial charge in [0.25, 0.3) is 0 Å². The molecule has 0 bridgehead atoms. The fourth-order valence-electron chi connectivity index (χ4n) is 4.70. The lowest BCUT2D eigenvalue weighted by Crippen LogP contribution is -2.59. The first-order valence-corrected chi connectivity index (χ1v) is 13.5. The minimum atomic E-state index is -0.321. The third-order valence-electron chi connectivity index (χ3n) is 6.76. The van der Waals surface area contributed by atoms with Crippen LogP contribution in [-0.4, -0.2) is 89.3 Å². The third kappa shape index (κ3) is 7.19. The van der Waals surface area contributed by atoms with Gasteiger partial charge in [0.2, 0.25) is 11.9 Å². The third-order valence-corrected chi connectivity index (χ3v) is 6.76. The number of nitrogens with zero attached hydrogens (tertiary/aromatic N) is 6. The number of methoxy groups -OCH3 is 2. The van der Waals surface area contributed by atoms with Crippen molar-refractivity contribution in [1.29, 1.82) is 0 Å². The van der Waals surface area contributed by atoms with Crippen LogP contribution in [0.3, 0.4) is 0 Å². The van der Waals surface area contributed by atoms with Gasteiger partial charge in [0.15, 0.2) is 11.5 Å². The Labute approximate surface area is 234 Å². The molecule has 0 spiro atoms. The average Bonchev–Trinajstić information content (AvgIpc) is 3.51. The van der Waals surface area contributed by atoms with Crippen LogP contribution < -0.4 is 25.0 Å². The maximum absolute atomic E-state index is 13.0. The molecule has 3 aromatic rings. The molecule has 2 aromatic heterocycles. The number of amides is 3. The molecule has 12 nitrogen and oxygen atoms in total. The molecule has 2 N–H and O–H groups in total. The van der Waals surface area contributed by atoms with Gasteiger partial charge < -0.3 is 29.9 Å². The summed E-state index contributed by atoms with van der Waals surface area (Å²) < 4.78 is 12.4. The Balaban J connectivity index is 1.43. The van der Waals surface area contributed by atoms with Crippen molar-refractivity contribution in [2.75, 3.05) is 51.8 Å². The van der Waals surface area contributed by atoms with E-state index < -0.39 is 0 Å². The van der Waals surface area contributed by atoms with Crippen molar-refractivity contribution < 1.29 is 19.1 Å². The number of imidazole rings is 1. The second-order valence-corrected chi connectivity index (χ2v) is 9.66. The molecule has 1 aliphatic rings. The van der Waals surface area contributed by atoms with E-state index in [1.165, 1.54) is 0 Å². The Morgan fingerprint density at radius 3 is 2.60 bits per heavy atom. The van der Waals surface area contributed by atoms with E-state index in [0.29, 0.717) is 56.6 Å². The van der Waals surface area contributed by atoms with Crippen molar-refractivity contribution in [1.82, 2.24) is 35.1 Å². The SMILES string of the molecule is CCCNC(=O)N1CCN(c2cc(C)nc(-n3ccnc3)n2)CC1CC(=O)NCCc1ccc(OC)c(OC)c1. The van der Waals surface area contributed by atoms with Crippen molar-refractivity contribution in [2.24, 2.45) is 0 Å². The van der Waals surface area contributed by atoms with Crippen LogP contribution in [0.5, 0.6) is 11.5 Å². The van der Waals surface area contributed by atoms with Crippen LogP contribution in [-0.2, 0) is 11.2 Å². The number of benzene rings is 1. The molecule has 1 aromatic carbocycles. The highest BCUT2D eigenvalue weighted by Gasteiger charge is 2.32. The summed E-state index contributed by atoms with van der Waals surface area (Å²) in [6, 6.07) is 7.17. The molecule has 1 unspecified atom stereocenters. The van der Waals surface area contributed by atoms with Gasteiger partial charge in [0.1, 0.15) is 12.1 Å². The van der Waals surface area contributed by atoms with E-state index in [1.807, 2.05) is 38.1 Å². The molecule has 1 atom stereocenters. The van der Waals surface area contributed by atoms with Crippen LogP contribution in [0.15, 0.2) is 43.0 Å². The maximum atomic E-state index is 13.0. The quantitative estimate of drug-likeness (QED) is 0.373. The zero-order valence-corrected chi connectivity index (χ0v) is 23.6. The summed E-state index contributed by atoms with van der Waals surface area (Å²) in [4.78, 5) is 43.3. The van der Waals surface area contributed by atoms with E-state index in [0.717, 1.165) is 23.5 Å². The largest absolute Gasteiger partial charge is 0.493 e. The van der Waals surface area contributed by atoms with Crippen LogP contribution in [0, 0.1) is 6.92 Å². The van der Waals surface area contributed by atoms with E-state index in [9.17, 15) is 9.59 Å². The number of urea groups is 1. The number of ether oxygens (including phenoxy) is 2. The highest BCUT2D eigenvalue weighted by molar-refractivity contribution is 5.79. The molecule has 3 amide bonds. The smallest absolute Gasteiger partial charge is 0.317 e. The molecule has 40 heavy (non-hydrogen) atoms. The van der Waals surface area contributed by atoms with E-state index in [4.69, 9.17) is 14.5 Å². The number of rotatable bonds is 11. The predicted octanol–water partition coefficient (Wildman–Crippen LogP) is 2.35. The minimum Gasteiger partial charge on any atom is -0.493 e. The van der Waals surface area contributed by atoms with Crippen molar-refractivity contribution in [3.63, 3.8) is 0 Å². The predicted molar refractivity (Wildman–Crippen MR) is 151 cm³/mol. The molecule has 1 fully saturated rings. The zero-order chi connectivity index (χ0) is 28.5. The van der Waals surface area contributed by atoms with Crippen LogP contribution in [0.1, 0.15) is 31.0 Å². The lowest BCUT2D eigenvalue weighted by molar-refractivity contribution is -0.122. The summed E-state index contributed by atoms with van der Waals surface area (Å²) in [5.41, 5.74) is 1.84. The second kappa shape index (κ2) is 13.6. The van der Waals surface area contributed by atoms with E-state index in [1.54, 1.807) is 42.4 Å². The Hall–Kier alpha value is -4.35. The Kier molecular flexibility index (Phi) is 9.76. The molecule has 214 valence electrons. The highest BCUT2D eigenvalue weighted by atomic mass is 16.5. The molecule has 12 heteroatoms. The second-order valence-electron chi connectivity index (χ2n) is 9.66.